The summed E-state index contributed by atoms with van der Waals surface area (Å²) in [6, 6.07) is 41.0. The van der Waals surface area contributed by atoms with Crippen molar-refractivity contribution in [3.63, 3.8) is 0 Å². The molecule has 4 aromatic rings. The molecule has 36 heavy (non-hydrogen) atoms. The lowest BCUT2D eigenvalue weighted by Gasteiger charge is -2.62. The first-order valence-electron chi connectivity index (χ1n) is 13.2. The first-order valence-corrected chi connectivity index (χ1v) is 13.2. The maximum absolute atomic E-state index is 6.55. The second kappa shape index (κ2) is 9.93. The van der Waals surface area contributed by atoms with Gasteiger partial charge in [-0.25, -0.2) is 0 Å². The molecule has 2 atom stereocenters. The number of hydrogen-bond acceptors (Lipinski definition) is 3. The van der Waals surface area contributed by atoms with Gasteiger partial charge in [0, 0.05) is 30.5 Å². The zero-order valence-electron chi connectivity index (χ0n) is 20.9. The number of benzene rings is 4. The molecule has 3 saturated heterocycles. The number of hydrogen-bond donors (Lipinski definition) is 1. The van der Waals surface area contributed by atoms with Gasteiger partial charge in [-0.1, -0.05) is 97.1 Å². The lowest BCUT2D eigenvalue weighted by Crippen LogP contribution is -2.71. The van der Waals surface area contributed by atoms with Gasteiger partial charge in [-0.3, -0.25) is 4.90 Å². The average molecular weight is 475 g/mol. The molecule has 3 aliphatic heterocycles. The molecular weight excluding hydrogens is 440 g/mol. The Bertz CT molecular complexity index is 1230. The van der Waals surface area contributed by atoms with Gasteiger partial charge in [-0.15, -0.1) is 0 Å². The molecule has 1 unspecified atom stereocenters. The minimum Gasteiger partial charge on any atom is -0.457 e. The van der Waals surface area contributed by atoms with E-state index in [1.54, 1.807) is 0 Å². The average Bonchev–Trinajstić information content (AvgIpc) is 2.96. The van der Waals surface area contributed by atoms with Gasteiger partial charge in [0.1, 0.15) is 11.5 Å². The van der Waals surface area contributed by atoms with Crippen LogP contribution < -0.4 is 10.1 Å². The van der Waals surface area contributed by atoms with Crippen LogP contribution in [-0.4, -0.2) is 30.7 Å². The highest BCUT2D eigenvalue weighted by molar-refractivity contribution is 5.47. The van der Waals surface area contributed by atoms with E-state index in [4.69, 9.17) is 4.74 Å². The summed E-state index contributed by atoms with van der Waals surface area (Å²) in [7, 11) is 2.16. The van der Waals surface area contributed by atoms with Crippen molar-refractivity contribution in [2.24, 2.45) is 5.92 Å². The Balaban J connectivity index is 1.55. The third-order valence-electron chi connectivity index (χ3n) is 8.34. The van der Waals surface area contributed by atoms with Gasteiger partial charge in [0.2, 0.25) is 0 Å². The predicted molar refractivity (Wildman–Crippen MR) is 147 cm³/mol. The molecule has 0 aliphatic carbocycles. The normalized spacial score (nSPS) is 25.1. The van der Waals surface area contributed by atoms with Crippen LogP contribution in [0.2, 0.25) is 0 Å². The molecule has 0 amide bonds. The SMILES string of the molecule is CN[C@@]1(C(c2ccccc2)c2ccccc2)C(c2ccccc2Oc2ccccc2)C2CCN1CC2. The lowest BCUT2D eigenvalue weighted by molar-refractivity contribution is -0.0799. The molecule has 3 heterocycles. The third kappa shape index (κ3) is 3.93. The van der Waals surface area contributed by atoms with Gasteiger partial charge in [0.25, 0.3) is 0 Å². The Morgan fingerprint density at radius 1 is 0.722 bits per heavy atom. The first kappa shape index (κ1) is 23.0. The summed E-state index contributed by atoms with van der Waals surface area (Å²) in [5.41, 5.74) is 3.70. The summed E-state index contributed by atoms with van der Waals surface area (Å²) >= 11 is 0. The topological polar surface area (TPSA) is 24.5 Å². The van der Waals surface area contributed by atoms with E-state index in [0.717, 1.165) is 24.6 Å². The Labute approximate surface area is 214 Å². The number of nitrogens with one attached hydrogen (secondary N) is 1. The maximum atomic E-state index is 6.55. The summed E-state index contributed by atoms with van der Waals surface area (Å²) in [6.07, 6.45) is 2.42. The van der Waals surface area contributed by atoms with Crippen LogP contribution in [0.15, 0.2) is 115 Å². The minimum atomic E-state index is -0.278. The Morgan fingerprint density at radius 2 is 1.25 bits per heavy atom. The summed E-state index contributed by atoms with van der Waals surface area (Å²) in [6.45, 7) is 2.22. The predicted octanol–water partition coefficient (Wildman–Crippen LogP) is 7.04. The second-order valence-electron chi connectivity index (χ2n) is 10.1. The Kier molecular flexibility index (Phi) is 6.35. The smallest absolute Gasteiger partial charge is 0.131 e. The van der Waals surface area contributed by atoms with Crippen LogP contribution in [0, 0.1) is 5.92 Å². The van der Waals surface area contributed by atoms with Crippen LogP contribution in [0.3, 0.4) is 0 Å². The van der Waals surface area contributed by atoms with E-state index in [-0.39, 0.29) is 17.5 Å². The minimum absolute atomic E-state index is 0.169. The van der Waals surface area contributed by atoms with Crippen molar-refractivity contribution in [1.29, 1.82) is 0 Å². The molecule has 0 spiro atoms. The second-order valence-corrected chi connectivity index (χ2v) is 10.1. The van der Waals surface area contributed by atoms with Crippen LogP contribution >= 0.6 is 0 Å². The van der Waals surface area contributed by atoms with Crippen molar-refractivity contribution >= 4 is 0 Å². The molecule has 3 aliphatic rings. The quantitative estimate of drug-likeness (QED) is 0.311. The molecule has 182 valence electrons. The van der Waals surface area contributed by atoms with Crippen molar-refractivity contribution in [3.8, 4) is 11.5 Å². The van der Waals surface area contributed by atoms with Crippen molar-refractivity contribution in [2.45, 2.75) is 30.3 Å². The van der Waals surface area contributed by atoms with Crippen molar-refractivity contribution in [1.82, 2.24) is 10.2 Å². The molecule has 4 aromatic carbocycles. The molecule has 2 bridgehead atoms. The number of piperidine rings is 3. The van der Waals surface area contributed by atoms with Crippen LogP contribution in [0.4, 0.5) is 0 Å². The van der Waals surface area contributed by atoms with E-state index >= 15 is 0 Å². The largest absolute Gasteiger partial charge is 0.457 e. The maximum Gasteiger partial charge on any atom is 0.131 e. The highest BCUT2D eigenvalue weighted by Crippen LogP contribution is 2.57. The standard InChI is InChI=1S/C33H34N2O/c1-34-33(31(25-13-5-2-6-14-25)26-15-7-3-8-16-26)32(27-21-23-35(33)24-22-27)29-19-11-12-20-30(29)36-28-17-9-4-10-18-28/h2-20,27,31-32,34H,21-24H2,1H3/t32?,33-/m1/s1. The molecule has 0 saturated carbocycles. The van der Waals surface area contributed by atoms with E-state index in [1.165, 1.54) is 29.5 Å². The first-order chi connectivity index (χ1) is 17.8. The van der Waals surface area contributed by atoms with Gasteiger partial charge in [0.15, 0.2) is 0 Å². The van der Waals surface area contributed by atoms with Crippen LogP contribution in [-0.2, 0) is 0 Å². The number of para-hydroxylation sites is 2. The molecule has 7 rings (SSSR count). The van der Waals surface area contributed by atoms with Gasteiger partial charge in [-0.05, 0) is 55.1 Å². The summed E-state index contributed by atoms with van der Waals surface area (Å²) in [5, 5.41) is 3.96. The number of fused-ring (bicyclic) bond motifs is 3. The van der Waals surface area contributed by atoms with E-state index in [0.29, 0.717) is 5.92 Å². The fourth-order valence-corrected chi connectivity index (χ4v) is 6.91. The summed E-state index contributed by atoms with van der Waals surface area (Å²) in [4.78, 5) is 2.72. The number of rotatable bonds is 7. The zero-order chi connectivity index (χ0) is 24.4. The lowest BCUT2D eigenvalue weighted by atomic mass is 9.60. The number of ether oxygens (including phenoxy) is 1. The molecule has 0 radical (unpaired) electrons. The zero-order valence-corrected chi connectivity index (χ0v) is 20.9. The molecule has 3 nitrogen and oxygen atoms in total. The van der Waals surface area contributed by atoms with E-state index in [1.807, 2.05) is 30.3 Å². The van der Waals surface area contributed by atoms with Crippen LogP contribution in [0.1, 0.15) is 41.4 Å². The summed E-state index contributed by atoms with van der Waals surface area (Å²) in [5.74, 6) is 2.86. The van der Waals surface area contributed by atoms with Crippen molar-refractivity contribution in [3.05, 3.63) is 132 Å². The highest BCUT2D eigenvalue weighted by atomic mass is 16.5. The number of nitrogens with zero attached hydrogens (tertiary/aromatic N) is 1. The van der Waals surface area contributed by atoms with Crippen molar-refractivity contribution < 1.29 is 4.74 Å². The van der Waals surface area contributed by atoms with Gasteiger partial charge >= 0.3 is 0 Å². The van der Waals surface area contributed by atoms with E-state index in [9.17, 15) is 0 Å². The highest BCUT2D eigenvalue weighted by Gasteiger charge is 2.58. The van der Waals surface area contributed by atoms with Crippen molar-refractivity contribution in [2.75, 3.05) is 20.1 Å². The molecule has 3 fully saturated rings. The molecule has 0 aromatic heterocycles. The third-order valence-corrected chi connectivity index (χ3v) is 8.34. The Morgan fingerprint density at radius 3 is 1.83 bits per heavy atom. The Hall–Kier alpha value is -3.40. The van der Waals surface area contributed by atoms with Gasteiger partial charge in [0.05, 0.1) is 5.66 Å². The number of likely N-dealkylation sites (N-methyl/N-ethyl adjacent to an activating group) is 1. The molecule has 3 heteroatoms. The van der Waals surface area contributed by atoms with Gasteiger partial charge in [-0.2, -0.15) is 0 Å². The van der Waals surface area contributed by atoms with Gasteiger partial charge < -0.3 is 10.1 Å². The molecule has 1 N–H and O–H groups in total. The molecular formula is C33H34N2O. The fraction of sp³-hybridized carbons (Fsp3) is 0.273. The van der Waals surface area contributed by atoms with Crippen LogP contribution in [0.25, 0.3) is 0 Å². The summed E-state index contributed by atoms with van der Waals surface area (Å²) < 4.78 is 6.55. The fourth-order valence-electron chi connectivity index (χ4n) is 6.91. The van der Waals surface area contributed by atoms with E-state index in [2.05, 4.69) is 102 Å². The van der Waals surface area contributed by atoms with Crippen LogP contribution in [0.5, 0.6) is 11.5 Å². The monoisotopic (exact) mass is 474 g/mol. The van der Waals surface area contributed by atoms with E-state index < -0.39 is 0 Å².